The lowest BCUT2D eigenvalue weighted by molar-refractivity contribution is -0.128. The third-order valence-corrected chi connectivity index (χ3v) is 3.79. The number of hydrogen-bond acceptors (Lipinski definition) is 2. The van der Waals surface area contributed by atoms with E-state index in [1.54, 1.807) is 20.8 Å². The first-order valence-corrected chi connectivity index (χ1v) is 6.73. The van der Waals surface area contributed by atoms with Crippen molar-refractivity contribution < 1.29 is 9.59 Å². The van der Waals surface area contributed by atoms with Gasteiger partial charge in [0.15, 0.2) is 0 Å². The van der Waals surface area contributed by atoms with E-state index in [1.807, 2.05) is 37.6 Å². The van der Waals surface area contributed by atoms with Gasteiger partial charge in [0.1, 0.15) is 0 Å². The Morgan fingerprint density at radius 3 is 2.50 bits per heavy atom. The van der Waals surface area contributed by atoms with E-state index < -0.39 is 11.3 Å². The van der Waals surface area contributed by atoms with Crippen molar-refractivity contribution in [3.05, 3.63) is 41.8 Å². The van der Waals surface area contributed by atoms with Gasteiger partial charge >= 0.3 is 0 Å². The third-order valence-electron chi connectivity index (χ3n) is 3.79. The minimum atomic E-state index is -0.766. The van der Waals surface area contributed by atoms with Crippen LogP contribution in [0.1, 0.15) is 38.3 Å². The highest BCUT2D eigenvalue weighted by atomic mass is 16.2. The second-order valence-electron chi connectivity index (χ2n) is 5.64. The van der Waals surface area contributed by atoms with Crippen LogP contribution in [-0.2, 0) is 9.59 Å². The van der Waals surface area contributed by atoms with Gasteiger partial charge < -0.3 is 11.1 Å². The summed E-state index contributed by atoms with van der Waals surface area (Å²) in [7, 11) is 0. The van der Waals surface area contributed by atoms with Gasteiger partial charge in [-0.25, -0.2) is 0 Å². The van der Waals surface area contributed by atoms with Crippen LogP contribution in [0.4, 0.5) is 0 Å². The van der Waals surface area contributed by atoms with Gasteiger partial charge in [-0.2, -0.15) is 0 Å². The molecule has 0 saturated carbocycles. The topological polar surface area (TPSA) is 72.2 Å². The molecule has 109 valence electrons. The van der Waals surface area contributed by atoms with Crippen LogP contribution in [0.3, 0.4) is 0 Å². The molecule has 0 aliphatic carbocycles. The van der Waals surface area contributed by atoms with Gasteiger partial charge in [-0.15, -0.1) is 0 Å². The zero-order valence-electron chi connectivity index (χ0n) is 12.6. The van der Waals surface area contributed by atoms with Crippen molar-refractivity contribution in [1.82, 2.24) is 5.32 Å². The number of rotatable bonds is 6. The zero-order chi connectivity index (χ0) is 15.3. The van der Waals surface area contributed by atoms with Crippen molar-refractivity contribution in [2.24, 2.45) is 11.1 Å². The molecule has 0 bridgehead atoms. The molecule has 0 saturated heterocycles. The lowest BCUT2D eigenvalue weighted by Crippen LogP contribution is -2.49. The highest BCUT2D eigenvalue weighted by Gasteiger charge is 2.32. The number of benzene rings is 1. The molecular weight excluding hydrogens is 252 g/mol. The smallest absolute Gasteiger partial charge is 0.225 e. The maximum atomic E-state index is 11.9. The van der Waals surface area contributed by atoms with Crippen molar-refractivity contribution in [3.63, 3.8) is 0 Å². The highest BCUT2D eigenvalue weighted by Crippen LogP contribution is 2.20. The SMILES string of the molecule is Cc1ccccc1[CH]CC(=O)N[C@@H](C)C(C)(C)C(N)=O. The van der Waals surface area contributed by atoms with Crippen LogP contribution in [0.25, 0.3) is 0 Å². The van der Waals surface area contributed by atoms with Crippen LogP contribution in [0, 0.1) is 18.8 Å². The maximum Gasteiger partial charge on any atom is 0.225 e. The fraction of sp³-hybridized carbons (Fsp3) is 0.438. The summed E-state index contributed by atoms with van der Waals surface area (Å²) in [5, 5.41) is 2.82. The predicted molar refractivity (Wildman–Crippen MR) is 79.8 cm³/mol. The van der Waals surface area contributed by atoms with Gasteiger partial charge in [0.2, 0.25) is 11.8 Å². The molecule has 2 amide bonds. The minimum absolute atomic E-state index is 0.116. The van der Waals surface area contributed by atoms with Crippen LogP contribution in [-0.4, -0.2) is 17.9 Å². The molecule has 3 N–H and O–H groups in total. The van der Waals surface area contributed by atoms with Gasteiger partial charge in [0.05, 0.1) is 5.41 Å². The molecule has 0 fully saturated rings. The van der Waals surface area contributed by atoms with E-state index in [1.165, 1.54) is 0 Å². The number of carbonyl (C=O) groups is 2. The number of hydrogen-bond donors (Lipinski definition) is 2. The monoisotopic (exact) mass is 275 g/mol. The van der Waals surface area contributed by atoms with Gasteiger partial charge in [-0.3, -0.25) is 9.59 Å². The molecule has 0 aromatic heterocycles. The van der Waals surface area contributed by atoms with Crippen LogP contribution in [0.5, 0.6) is 0 Å². The first kappa shape index (κ1) is 16.2. The molecule has 1 rings (SSSR count). The Balaban J connectivity index is 2.53. The first-order valence-electron chi connectivity index (χ1n) is 6.73. The molecule has 0 aliphatic rings. The van der Waals surface area contributed by atoms with Crippen molar-refractivity contribution in [2.45, 2.75) is 40.2 Å². The van der Waals surface area contributed by atoms with E-state index >= 15 is 0 Å². The lowest BCUT2D eigenvalue weighted by atomic mass is 9.84. The summed E-state index contributed by atoms with van der Waals surface area (Å²) in [5.41, 5.74) is 6.74. The summed E-state index contributed by atoms with van der Waals surface area (Å²) in [6.45, 7) is 7.25. The molecule has 4 heteroatoms. The Morgan fingerprint density at radius 1 is 1.35 bits per heavy atom. The molecule has 0 heterocycles. The maximum absolute atomic E-state index is 11.9. The van der Waals surface area contributed by atoms with Crippen molar-refractivity contribution in [1.29, 1.82) is 0 Å². The number of aryl methyl sites for hydroxylation is 1. The van der Waals surface area contributed by atoms with Crippen molar-refractivity contribution >= 4 is 11.8 Å². The van der Waals surface area contributed by atoms with E-state index in [9.17, 15) is 9.59 Å². The van der Waals surface area contributed by atoms with E-state index in [4.69, 9.17) is 5.73 Å². The standard InChI is InChI=1S/C16H23N2O2/c1-11-7-5-6-8-13(11)9-10-14(19)18-12(2)16(3,4)15(17)20/h5-9,12H,10H2,1-4H3,(H2,17,20)(H,18,19)/t12-/m0/s1. The van der Waals surface area contributed by atoms with E-state index in [0.29, 0.717) is 0 Å². The summed E-state index contributed by atoms with van der Waals surface area (Å²) in [6, 6.07) is 7.57. The van der Waals surface area contributed by atoms with Crippen LogP contribution >= 0.6 is 0 Å². The molecule has 0 unspecified atom stereocenters. The average molecular weight is 275 g/mol. The number of amides is 2. The van der Waals surface area contributed by atoms with Gasteiger partial charge in [0.25, 0.3) is 0 Å². The first-order chi connectivity index (χ1) is 9.25. The molecule has 20 heavy (non-hydrogen) atoms. The lowest BCUT2D eigenvalue weighted by Gasteiger charge is -2.29. The van der Waals surface area contributed by atoms with Gasteiger partial charge in [-0.05, 0) is 38.8 Å². The predicted octanol–water partition coefficient (Wildman–Crippen LogP) is 1.95. The summed E-state index contributed by atoms with van der Waals surface area (Å²) < 4.78 is 0. The minimum Gasteiger partial charge on any atom is -0.369 e. The second-order valence-corrected chi connectivity index (χ2v) is 5.64. The van der Waals surface area contributed by atoms with Gasteiger partial charge in [0, 0.05) is 18.9 Å². The third kappa shape index (κ3) is 4.08. The fourth-order valence-electron chi connectivity index (χ4n) is 1.71. The fourth-order valence-corrected chi connectivity index (χ4v) is 1.71. The number of nitrogens with two attached hydrogens (primary N) is 1. The van der Waals surface area contributed by atoms with Gasteiger partial charge in [-0.1, -0.05) is 24.3 Å². The molecule has 1 aromatic carbocycles. The van der Waals surface area contributed by atoms with Crippen molar-refractivity contribution in [3.8, 4) is 0 Å². The Hall–Kier alpha value is -1.84. The van der Waals surface area contributed by atoms with Crippen LogP contribution < -0.4 is 11.1 Å². The molecule has 1 aromatic rings. The largest absolute Gasteiger partial charge is 0.369 e. The summed E-state index contributed by atoms with van der Waals surface area (Å²) >= 11 is 0. The zero-order valence-corrected chi connectivity index (χ0v) is 12.6. The summed E-state index contributed by atoms with van der Waals surface area (Å²) in [6.07, 6.45) is 2.17. The summed E-state index contributed by atoms with van der Waals surface area (Å²) in [4.78, 5) is 23.2. The highest BCUT2D eigenvalue weighted by molar-refractivity contribution is 5.83. The van der Waals surface area contributed by atoms with Crippen LogP contribution in [0.15, 0.2) is 24.3 Å². The summed E-state index contributed by atoms with van der Waals surface area (Å²) in [5.74, 6) is -0.539. The number of primary amides is 1. The Kier molecular flexibility index (Phi) is 5.31. The van der Waals surface area contributed by atoms with Crippen LogP contribution in [0.2, 0.25) is 0 Å². The van der Waals surface area contributed by atoms with E-state index in [2.05, 4.69) is 5.32 Å². The average Bonchev–Trinajstić information content (AvgIpc) is 2.37. The quantitative estimate of drug-likeness (QED) is 0.833. The molecule has 1 atom stereocenters. The molecule has 0 aliphatic heterocycles. The normalized spacial score (nSPS) is 12.8. The molecular formula is C16H23N2O2. The molecule has 0 spiro atoms. The molecule has 1 radical (unpaired) electrons. The number of nitrogens with one attached hydrogen (secondary N) is 1. The van der Waals surface area contributed by atoms with E-state index in [0.717, 1.165) is 11.1 Å². The van der Waals surface area contributed by atoms with Crippen molar-refractivity contribution in [2.75, 3.05) is 0 Å². The Morgan fingerprint density at radius 2 is 1.95 bits per heavy atom. The Labute approximate surface area is 120 Å². The second kappa shape index (κ2) is 6.55. The number of carbonyl (C=O) groups excluding carboxylic acids is 2. The Bertz CT molecular complexity index is 495. The van der Waals surface area contributed by atoms with E-state index in [-0.39, 0.29) is 18.4 Å². The molecule has 4 nitrogen and oxygen atoms in total.